The minimum Gasteiger partial charge on any atom is -0.370 e. The lowest BCUT2D eigenvalue weighted by Crippen LogP contribution is -2.32. The number of guanidine groups is 2. The SMILES string of the molecule is Cl.NC(N)=NC(N)=NCCN1CCCCC1. The molecular weight excluding hydrogens is 228 g/mol. The molecule has 0 saturated carbocycles. The molecule has 0 aromatic rings. The molecule has 0 unspecified atom stereocenters. The Balaban J connectivity index is 0.00000225. The first kappa shape index (κ1) is 15.0. The third-order valence-corrected chi connectivity index (χ3v) is 2.38. The molecule has 0 aromatic heterocycles. The highest BCUT2D eigenvalue weighted by Crippen LogP contribution is 2.07. The summed E-state index contributed by atoms with van der Waals surface area (Å²) < 4.78 is 0. The minimum atomic E-state index is -0.0470. The topological polar surface area (TPSA) is 106 Å². The molecule has 0 aliphatic carbocycles. The summed E-state index contributed by atoms with van der Waals surface area (Å²) in [4.78, 5) is 10.1. The Bertz CT molecular complexity index is 242. The normalized spacial score (nSPS) is 17.6. The molecule has 6 N–H and O–H groups in total. The summed E-state index contributed by atoms with van der Waals surface area (Å²) in [6.07, 6.45) is 3.91. The van der Waals surface area contributed by atoms with Crippen LogP contribution in [0.5, 0.6) is 0 Å². The van der Waals surface area contributed by atoms with Crippen molar-refractivity contribution in [1.82, 2.24) is 4.90 Å². The highest BCUT2D eigenvalue weighted by Gasteiger charge is 2.08. The van der Waals surface area contributed by atoms with Crippen LogP contribution in [0.25, 0.3) is 0 Å². The summed E-state index contributed by atoms with van der Waals surface area (Å²) in [5, 5.41) is 0. The third kappa shape index (κ3) is 6.47. The second kappa shape index (κ2) is 8.18. The van der Waals surface area contributed by atoms with E-state index in [2.05, 4.69) is 14.9 Å². The number of likely N-dealkylation sites (tertiary alicyclic amines) is 1. The Kier molecular flexibility index (Phi) is 7.66. The quantitative estimate of drug-likeness (QED) is 0.462. The van der Waals surface area contributed by atoms with Crippen LogP contribution in [0.2, 0.25) is 0 Å². The molecule has 1 aliphatic heterocycles. The van der Waals surface area contributed by atoms with Crippen LogP contribution in [-0.4, -0.2) is 43.0 Å². The first-order chi connectivity index (χ1) is 7.18. The Morgan fingerprint density at radius 2 is 1.69 bits per heavy atom. The number of halogens is 1. The Morgan fingerprint density at radius 3 is 2.25 bits per heavy atom. The van der Waals surface area contributed by atoms with E-state index in [9.17, 15) is 0 Å². The number of aliphatic imine (C=N–C) groups is 2. The van der Waals surface area contributed by atoms with Gasteiger partial charge in [-0.3, -0.25) is 4.99 Å². The maximum absolute atomic E-state index is 5.47. The third-order valence-electron chi connectivity index (χ3n) is 2.38. The summed E-state index contributed by atoms with van der Waals surface area (Å²) in [5.41, 5.74) is 15.8. The van der Waals surface area contributed by atoms with Gasteiger partial charge < -0.3 is 22.1 Å². The van der Waals surface area contributed by atoms with Crippen LogP contribution in [0.1, 0.15) is 19.3 Å². The highest BCUT2D eigenvalue weighted by atomic mass is 35.5. The summed E-state index contributed by atoms with van der Waals surface area (Å²) in [6.45, 7) is 3.92. The highest BCUT2D eigenvalue weighted by molar-refractivity contribution is 5.92. The van der Waals surface area contributed by atoms with E-state index in [1.807, 2.05) is 0 Å². The molecule has 0 amide bonds. The first-order valence-corrected chi connectivity index (χ1v) is 5.30. The van der Waals surface area contributed by atoms with Gasteiger partial charge in [0.2, 0.25) is 5.96 Å². The van der Waals surface area contributed by atoms with Gasteiger partial charge in [-0.2, -0.15) is 4.99 Å². The zero-order chi connectivity index (χ0) is 11.1. The second-order valence-corrected chi connectivity index (χ2v) is 3.68. The minimum absolute atomic E-state index is 0. The molecule has 1 saturated heterocycles. The van der Waals surface area contributed by atoms with Crippen LogP contribution in [0, 0.1) is 0 Å². The molecule has 16 heavy (non-hydrogen) atoms. The van der Waals surface area contributed by atoms with E-state index in [0.29, 0.717) is 6.54 Å². The molecule has 0 atom stereocenters. The van der Waals surface area contributed by atoms with E-state index in [0.717, 1.165) is 19.6 Å². The summed E-state index contributed by atoms with van der Waals surface area (Å²) in [7, 11) is 0. The van der Waals surface area contributed by atoms with Crippen LogP contribution in [0.15, 0.2) is 9.98 Å². The van der Waals surface area contributed by atoms with Crippen LogP contribution < -0.4 is 17.2 Å². The molecule has 0 radical (unpaired) electrons. The van der Waals surface area contributed by atoms with Gasteiger partial charge in [0.1, 0.15) is 0 Å². The molecule has 6 nitrogen and oxygen atoms in total. The molecule has 7 heteroatoms. The van der Waals surface area contributed by atoms with Crippen molar-refractivity contribution in [2.45, 2.75) is 19.3 Å². The number of nitrogens with two attached hydrogens (primary N) is 3. The van der Waals surface area contributed by atoms with E-state index in [-0.39, 0.29) is 24.3 Å². The van der Waals surface area contributed by atoms with Crippen molar-refractivity contribution in [2.24, 2.45) is 27.2 Å². The molecule has 0 spiro atoms. The molecule has 1 fully saturated rings. The van der Waals surface area contributed by atoms with E-state index in [1.165, 1.54) is 19.3 Å². The predicted octanol–water partition coefficient (Wildman–Crippen LogP) is -0.518. The van der Waals surface area contributed by atoms with Crippen molar-refractivity contribution in [2.75, 3.05) is 26.2 Å². The summed E-state index contributed by atoms with van der Waals surface area (Å²) in [5.74, 6) is 0.112. The average Bonchev–Trinajstić information content (AvgIpc) is 2.18. The van der Waals surface area contributed by atoms with Crippen molar-refractivity contribution in [1.29, 1.82) is 0 Å². The first-order valence-electron chi connectivity index (χ1n) is 5.30. The average molecular weight is 249 g/mol. The fourth-order valence-electron chi connectivity index (χ4n) is 1.66. The molecule has 1 rings (SSSR count). The standard InChI is InChI=1S/C9H20N6.ClH/c10-8(11)14-9(12)13-4-7-15-5-2-1-3-6-15;/h1-7H2,(H6,10,11,12,13,14);1H. The van der Waals surface area contributed by atoms with Gasteiger partial charge in [-0.1, -0.05) is 6.42 Å². The molecule has 0 aromatic carbocycles. The summed E-state index contributed by atoms with van der Waals surface area (Å²) >= 11 is 0. The van der Waals surface area contributed by atoms with Crippen molar-refractivity contribution in [3.63, 3.8) is 0 Å². The van der Waals surface area contributed by atoms with Gasteiger partial charge in [-0.25, -0.2) is 0 Å². The zero-order valence-electron chi connectivity index (χ0n) is 9.43. The predicted molar refractivity (Wildman–Crippen MR) is 69.8 cm³/mol. The Labute approximate surface area is 102 Å². The molecule has 1 heterocycles. The molecule has 1 aliphatic rings. The van der Waals surface area contributed by atoms with Gasteiger partial charge in [0.15, 0.2) is 5.96 Å². The van der Waals surface area contributed by atoms with E-state index >= 15 is 0 Å². The van der Waals surface area contributed by atoms with Gasteiger partial charge >= 0.3 is 0 Å². The van der Waals surface area contributed by atoms with Crippen molar-refractivity contribution in [3.05, 3.63) is 0 Å². The molecular formula is C9H21ClN6. The fraction of sp³-hybridized carbons (Fsp3) is 0.778. The fourth-order valence-corrected chi connectivity index (χ4v) is 1.66. The van der Waals surface area contributed by atoms with Gasteiger partial charge in [-0.15, -0.1) is 12.4 Å². The smallest absolute Gasteiger partial charge is 0.218 e. The van der Waals surface area contributed by atoms with Gasteiger partial charge in [-0.05, 0) is 25.9 Å². The van der Waals surface area contributed by atoms with E-state index in [4.69, 9.17) is 17.2 Å². The number of rotatable bonds is 3. The van der Waals surface area contributed by atoms with Crippen LogP contribution in [0.4, 0.5) is 0 Å². The van der Waals surface area contributed by atoms with Crippen molar-refractivity contribution in [3.8, 4) is 0 Å². The lowest BCUT2D eigenvalue weighted by molar-refractivity contribution is 0.235. The summed E-state index contributed by atoms with van der Waals surface area (Å²) in [6, 6.07) is 0. The van der Waals surface area contributed by atoms with Crippen LogP contribution >= 0.6 is 12.4 Å². The van der Waals surface area contributed by atoms with Crippen molar-refractivity contribution >= 4 is 24.3 Å². The van der Waals surface area contributed by atoms with Crippen LogP contribution in [0.3, 0.4) is 0 Å². The lowest BCUT2D eigenvalue weighted by atomic mass is 10.1. The number of hydrogen-bond donors (Lipinski definition) is 3. The second-order valence-electron chi connectivity index (χ2n) is 3.68. The largest absolute Gasteiger partial charge is 0.370 e. The zero-order valence-corrected chi connectivity index (χ0v) is 10.2. The maximum atomic E-state index is 5.47. The van der Waals surface area contributed by atoms with Crippen molar-refractivity contribution < 1.29 is 0 Å². The van der Waals surface area contributed by atoms with E-state index in [1.54, 1.807) is 0 Å². The monoisotopic (exact) mass is 248 g/mol. The number of hydrogen-bond acceptors (Lipinski definition) is 2. The number of piperidine rings is 1. The van der Waals surface area contributed by atoms with Gasteiger partial charge in [0, 0.05) is 6.54 Å². The number of nitrogens with zero attached hydrogens (tertiary/aromatic N) is 3. The molecule has 94 valence electrons. The molecule has 0 bridgehead atoms. The van der Waals surface area contributed by atoms with E-state index < -0.39 is 0 Å². The van der Waals surface area contributed by atoms with Gasteiger partial charge in [0.05, 0.1) is 6.54 Å². The lowest BCUT2D eigenvalue weighted by Gasteiger charge is -2.25. The Hall–Kier alpha value is -1.01. The maximum Gasteiger partial charge on any atom is 0.218 e. The Morgan fingerprint density at radius 1 is 1.06 bits per heavy atom. The van der Waals surface area contributed by atoms with Gasteiger partial charge in [0.25, 0.3) is 0 Å². The van der Waals surface area contributed by atoms with Crippen LogP contribution in [-0.2, 0) is 0 Å².